The Bertz CT molecular complexity index is 308. The summed E-state index contributed by atoms with van der Waals surface area (Å²) in [5, 5.41) is 0.699. The molecule has 0 fully saturated rings. The van der Waals surface area contributed by atoms with Crippen LogP contribution in [0.25, 0.3) is 0 Å². The van der Waals surface area contributed by atoms with E-state index < -0.39 is 0 Å². The van der Waals surface area contributed by atoms with Crippen LogP contribution in [0.1, 0.15) is 12.5 Å². The lowest BCUT2D eigenvalue weighted by Gasteiger charge is -2.14. The zero-order valence-corrected chi connectivity index (χ0v) is 9.21. The molecular weight excluding hydrogens is 198 g/mol. The Hall–Kier alpha value is -1.02. The third-order valence-electron chi connectivity index (χ3n) is 2.17. The molecule has 0 atom stereocenters. The molecule has 1 rings (SSSR count). The van der Waals surface area contributed by atoms with Gasteiger partial charge < -0.3 is 4.90 Å². The molecule has 0 aliphatic heterocycles. The number of benzene rings is 1. The van der Waals surface area contributed by atoms with E-state index >= 15 is 0 Å². The highest BCUT2D eigenvalue weighted by Gasteiger charge is 2.06. The second kappa shape index (κ2) is 5.01. The van der Waals surface area contributed by atoms with E-state index in [1.54, 1.807) is 24.1 Å². The fraction of sp³-hybridized carbons (Fsp3) is 0.364. The molecule has 1 amide bonds. The number of amides is 1. The fourth-order valence-electron chi connectivity index (χ4n) is 1.09. The number of nitrogens with zero attached hydrogens (tertiary/aromatic N) is 1. The van der Waals surface area contributed by atoms with Crippen LogP contribution in [-0.4, -0.2) is 24.4 Å². The number of hydrogen-bond donors (Lipinski definition) is 0. The maximum absolute atomic E-state index is 11.5. The van der Waals surface area contributed by atoms with E-state index in [-0.39, 0.29) is 5.91 Å². The Balaban J connectivity index is 2.60. The van der Waals surface area contributed by atoms with Gasteiger partial charge in [0.15, 0.2) is 0 Å². The number of rotatable bonds is 3. The van der Waals surface area contributed by atoms with E-state index in [0.29, 0.717) is 11.4 Å². The molecule has 0 saturated carbocycles. The van der Waals surface area contributed by atoms with Crippen molar-refractivity contribution in [3.8, 4) is 0 Å². The first kappa shape index (κ1) is 11.1. The molecule has 1 aromatic carbocycles. The van der Waals surface area contributed by atoms with Gasteiger partial charge in [0.1, 0.15) is 0 Å². The maximum Gasteiger partial charge on any atom is 0.226 e. The van der Waals surface area contributed by atoms with Crippen LogP contribution in [0, 0.1) is 0 Å². The number of carbonyl (C=O) groups is 1. The van der Waals surface area contributed by atoms with Crippen molar-refractivity contribution in [1.29, 1.82) is 0 Å². The lowest BCUT2D eigenvalue weighted by atomic mass is 10.1. The molecule has 0 N–H and O–H groups in total. The van der Waals surface area contributed by atoms with Crippen molar-refractivity contribution in [3.05, 3.63) is 34.9 Å². The first-order chi connectivity index (χ1) is 6.63. The van der Waals surface area contributed by atoms with Crippen molar-refractivity contribution in [2.24, 2.45) is 0 Å². The van der Waals surface area contributed by atoms with Crippen LogP contribution in [0.2, 0.25) is 5.02 Å². The van der Waals surface area contributed by atoms with Gasteiger partial charge in [-0.15, -0.1) is 0 Å². The second-order valence-electron chi connectivity index (χ2n) is 3.21. The first-order valence-electron chi connectivity index (χ1n) is 4.62. The summed E-state index contributed by atoms with van der Waals surface area (Å²) < 4.78 is 0. The molecular formula is C11H14ClNO. The largest absolute Gasteiger partial charge is 0.346 e. The molecule has 2 nitrogen and oxygen atoms in total. The summed E-state index contributed by atoms with van der Waals surface area (Å²) in [6, 6.07) is 7.36. The van der Waals surface area contributed by atoms with Gasteiger partial charge in [-0.3, -0.25) is 4.79 Å². The zero-order valence-electron chi connectivity index (χ0n) is 8.46. The van der Waals surface area contributed by atoms with Crippen molar-refractivity contribution in [2.75, 3.05) is 13.6 Å². The van der Waals surface area contributed by atoms with Crippen molar-refractivity contribution in [2.45, 2.75) is 13.3 Å². The number of hydrogen-bond acceptors (Lipinski definition) is 1. The summed E-state index contributed by atoms with van der Waals surface area (Å²) in [5.41, 5.74) is 1.000. The Morgan fingerprint density at radius 2 is 1.93 bits per heavy atom. The third kappa shape index (κ3) is 3.04. The lowest BCUT2D eigenvalue weighted by Crippen LogP contribution is -2.27. The van der Waals surface area contributed by atoms with Crippen LogP contribution in [-0.2, 0) is 11.2 Å². The van der Waals surface area contributed by atoms with Gasteiger partial charge in [-0.05, 0) is 24.6 Å². The van der Waals surface area contributed by atoms with Gasteiger partial charge in [0, 0.05) is 18.6 Å². The molecule has 0 saturated heterocycles. The summed E-state index contributed by atoms with van der Waals surface area (Å²) in [4.78, 5) is 13.2. The van der Waals surface area contributed by atoms with Gasteiger partial charge in [0.25, 0.3) is 0 Å². The average molecular weight is 212 g/mol. The summed E-state index contributed by atoms with van der Waals surface area (Å²) in [5.74, 6) is 0.134. The molecule has 0 spiro atoms. The molecule has 3 heteroatoms. The smallest absolute Gasteiger partial charge is 0.226 e. The van der Waals surface area contributed by atoms with Gasteiger partial charge >= 0.3 is 0 Å². The first-order valence-corrected chi connectivity index (χ1v) is 4.99. The third-order valence-corrected chi connectivity index (χ3v) is 2.42. The normalized spacial score (nSPS) is 9.93. The highest BCUT2D eigenvalue weighted by atomic mass is 35.5. The summed E-state index contributed by atoms with van der Waals surface area (Å²) in [6.07, 6.45) is 0.446. The maximum atomic E-state index is 11.5. The summed E-state index contributed by atoms with van der Waals surface area (Å²) in [6.45, 7) is 2.70. The molecule has 0 unspecified atom stereocenters. The van der Waals surface area contributed by atoms with Gasteiger partial charge in [-0.25, -0.2) is 0 Å². The van der Waals surface area contributed by atoms with Crippen molar-refractivity contribution in [3.63, 3.8) is 0 Å². The van der Waals surface area contributed by atoms with E-state index in [9.17, 15) is 4.79 Å². The van der Waals surface area contributed by atoms with E-state index in [0.717, 1.165) is 12.1 Å². The second-order valence-corrected chi connectivity index (χ2v) is 3.65. The van der Waals surface area contributed by atoms with Gasteiger partial charge in [-0.1, -0.05) is 23.7 Å². The van der Waals surface area contributed by atoms with E-state index in [1.165, 1.54) is 0 Å². The van der Waals surface area contributed by atoms with E-state index in [1.807, 2.05) is 19.1 Å². The predicted octanol–water partition coefficient (Wildman–Crippen LogP) is 2.36. The Morgan fingerprint density at radius 1 is 1.36 bits per heavy atom. The van der Waals surface area contributed by atoms with Gasteiger partial charge in [0.2, 0.25) is 5.91 Å². The van der Waals surface area contributed by atoms with Gasteiger partial charge in [-0.2, -0.15) is 0 Å². The van der Waals surface area contributed by atoms with Gasteiger partial charge in [0.05, 0.1) is 6.42 Å². The molecule has 0 aliphatic rings. The fourth-order valence-corrected chi connectivity index (χ4v) is 1.21. The van der Waals surface area contributed by atoms with E-state index in [4.69, 9.17) is 11.6 Å². The molecule has 14 heavy (non-hydrogen) atoms. The predicted molar refractivity (Wildman–Crippen MR) is 58.5 cm³/mol. The monoisotopic (exact) mass is 211 g/mol. The summed E-state index contributed by atoms with van der Waals surface area (Å²) >= 11 is 5.74. The standard InChI is InChI=1S/C11H14ClNO/c1-3-13(2)11(14)8-9-4-6-10(12)7-5-9/h4-7H,3,8H2,1-2H3. The van der Waals surface area contributed by atoms with Crippen LogP contribution in [0.5, 0.6) is 0 Å². The SMILES string of the molecule is CCN(C)C(=O)Cc1ccc(Cl)cc1. The van der Waals surface area contributed by atoms with Crippen LogP contribution in [0.4, 0.5) is 0 Å². The summed E-state index contributed by atoms with van der Waals surface area (Å²) in [7, 11) is 1.80. The Kier molecular flexibility index (Phi) is 3.96. The Morgan fingerprint density at radius 3 is 2.43 bits per heavy atom. The van der Waals surface area contributed by atoms with Crippen molar-refractivity contribution in [1.82, 2.24) is 4.90 Å². The van der Waals surface area contributed by atoms with Crippen LogP contribution < -0.4 is 0 Å². The van der Waals surface area contributed by atoms with E-state index in [2.05, 4.69) is 0 Å². The number of carbonyl (C=O) groups excluding carboxylic acids is 1. The number of likely N-dealkylation sites (N-methyl/N-ethyl adjacent to an activating group) is 1. The topological polar surface area (TPSA) is 20.3 Å². The number of halogens is 1. The van der Waals surface area contributed by atoms with Crippen LogP contribution in [0.3, 0.4) is 0 Å². The minimum absolute atomic E-state index is 0.134. The zero-order chi connectivity index (χ0) is 10.6. The molecule has 0 aliphatic carbocycles. The molecule has 1 aromatic rings. The quantitative estimate of drug-likeness (QED) is 0.752. The molecule has 0 aromatic heterocycles. The van der Waals surface area contributed by atoms with Crippen LogP contribution in [0.15, 0.2) is 24.3 Å². The van der Waals surface area contributed by atoms with Crippen molar-refractivity contribution >= 4 is 17.5 Å². The highest BCUT2D eigenvalue weighted by molar-refractivity contribution is 6.30. The minimum atomic E-state index is 0.134. The molecule has 76 valence electrons. The lowest BCUT2D eigenvalue weighted by molar-refractivity contribution is -0.128. The molecule has 0 heterocycles. The highest BCUT2D eigenvalue weighted by Crippen LogP contribution is 2.10. The average Bonchev–Trinajstić information content (AvgIpc) is 2.20. The Labute approximate surface area is 89.5 Å². The van der Waals surface area contributed by atoms with Crippen molar-refractivity contribution < 1.29 is 4.79 Å². The molecule has 0 bridgehead atoms. The molecule has 0 radical (unpaired) electrons. The minimum Gasteiger partial charge on any atom is -0.346 e. The van der Waals surface area contributed by atoms with Crippen LogP contribution >= 0.6 is 11.6 Å².